The molecule has 1 atom stereocenters. The maximum absolute atomic E-state index is 14.0. The molecule has 0 aliphatic rings. The number of hydrogen-bond acceptors (Lipinski definition) is 3. The highest BCUT2D eigenvalue weighted by Crippen LogP contribution is 2.32. The lowest BCUT2D eigenvalue weighted by molar-refractivity contribution is -0.117. The lowest BCUT2D eigenvalue weighted by Gasteiger charge is -2.20. The summed E-state index contributed by atoms with van der Waals surface area (Å²) >= 11 is 0. The van der Waals surface area contributed by atoms with Gasteiger partial charge in [0.05, 0.1) is 18.5 Å². The molecule has 0 unspecified atom stereocenters. The van der Waals surface area contributed by atoms with Crippen molar-refractivity contribution in [3.63, 3.8) is 0 Å². The molecule has 1 N–H and O–H groups in total. The average molecular weight is 491 g/mol. The van der Waals surface area contributed by atoms with Gasteiger partial charge < -0.3 is 10.1 Å². The number of nitrogens with zero attached hydrogens (tertiary/aromatic N) is 1. The topological polar surface area (TPSA) is 51.2 Å². The van der Waals surface area contributed by atoms with E-state index >= 15 is 0 Å². The number of pyridine rings is 1. The Labute approximate surface area is 215 Å². The minimum Gasteiger partial charge on any atom is -0.496 e. The Kier molecular flexibility index (Phi) is 6.95. The fourth-order valence-corrected chi connectivity index (χ4v) is 4.67. The molecule has 1 heterocycles. The number of carbonyl (C=O) groups is 1. The highest BCUT2D eigenvalue weighted by molar-refractivity contribution is 5.97. The Hall–Kier alpha value is -4.51. The van der Waals surface area contributed by atoms with Gasteiger partial charge in [-0.2, -0.15) is 0 Å². The van der Waals surface area contributed by atoms with Crippen LogP contribution in [-0.4, -0.2) is 18.0 Å². The highest BCUT2D eigenvalue weighted by Gasteiger charge is 2.23. The van der Waals surface area contributed by atoms with Crippen molar-refractivity contribution < 1.29 is 13.9 Å². The second kappa shape index (κ2) is 10.6. The van der Waals surface area contributed by atoms with Crippen LogP contribution >= 0.6 is 0 Å². The quantitative estimate of drug-likeness (QED) is 0.260. The van der Waals surface area contributed by atoms with Crippen LogP contribution in [0.15, 0.2) is 103 Å². The van der Waals surface area contributed by atoms with Crippen molar-refractivity contribution in [2.75, 3.05) is 12.4 Å². The molecule has 5 rings (SSSR count). The Morgan fingerprint density at radius 2 is 1.76 bits per heavy atom. The van der Waals surface area contributed by atoms with Gasteiger partial charge in [-0.05, 0) is 83.6 Å². The van der Waals surface area contributed by atoms with E-state index in [1.807, 2.05) is 85.8 Å². The number of methoxy groups -OCH3 is 1. The molecule has 0 aliphatic heterocycles. The van der Waals surface area contributed by atoms with Gasteiger partial charge in [0.25, 0.3) is 0 Å². The number of fused-ring (bicyclic) bond motifs is 1. The monoisotopic (exact) mass is 490 g/mol. The van der Waals surface area contributed by atoms with Gasteiger partial charge in [0.1, 0.15) is 11.6 Å². The zero-order chi connectivity index (χ0) is 25.8. The van der Waals surface area contributed by atoms with Crippen LogP contribution in [0.25, 0.3) is 22.0 Å². The molecule has 5 heteroatoms. The van der Waals surface area contributed by atoms with Crippen molar-refractivity contribution in [2.45, 2.75) is 19.3 Å². The molecule has 4 aromatic carbocycles. The lowest BCUT2D eigenvalue weighted by atomic mass is 9.89. The van der Waals surface area contributed by atoms with Crippen LogP contribution in [0.2, 0.25) is 0 Å². The Morgan fingerprint density at radius 1 is 0.946 bits per heavy atom. The van der Waals surface area contributed by atoms with Crippen molar-refractivity contribution in [1.82, 2.24) is 4.98 Å². The molecule has 0 fully saturated rings. The van der Waals surface area contributed by atoms with E-state index in [4.69, 9.17) is 4.74 Å². The molecule has 0 radical (unpaired) electrons. The molecule has 37 heavy (non-hydrogen) atoms. The number of aromatic nitrogens is 1. The van der Waals surface area contributed by atoms with Gasteiger partial charge in [0.15, 0.2) is 0 Å². The summed E-state index contributed by atoms with van der Waals surface area (Å²) in [5.74, 6) is -0.0981. The normalized spacial score (nSPS) is 11.8. The number of ether oxygens (including phenoxy) is 1. The number of hydrogen-bond donors (Lipinski definition) is 1. The number of benzene rings is 4. The third-order valence-corrected chi connectivity index (χ3v) is 6.55. The van der Waals surface area contributed by atoms with E-state index in [9.17, 15) is 9.18 Å². The number of aryl methyl sites for hydroxylation is 1. The maximum Gasteiger partial charge on any atom is 0.232 e. The molecule has 1 aromatic heterocycles. The van der Waals surface area contributed by atoms with E-state index in [0.29, 0.717) is 6.42 Å². The summed E-state index contributed by atoms with van der Waals surface area (Å²) in [6.07, 6.45) is 2.20. The smallest absolute Gasteiger partial charge is 0.232 e. The third-order valence-electron chi connectivity index (χ3n) is 6.55. The van der Waals surface area contributed by atoms with Crippen LogP contribution in [0.3, 0.4) is 0 Å². The molecule has 0 spiro atoms. The summed E-state index contributed by atoms with van der Waals surface area (Å²) in [5, 5.41) is 3.83. The number of rotatable bonds is 7. The molecule has 0 saturated carbocycles. The highest BCUT2D eigenvalue weighted by atomic mass is 19.1. The van der Waals surface area contributed by atoms with Crippen LogP contribution in [0.4, 0.5) is 10.1 Å². The summed E-state index contributed by atoms with van der Waals surface area (Å²) in [6, 6.07) is 29.9. The predicted octanol–water partition coefficient (Wildman–Crippen LogP) is 7.32. The Morgan fingerprint density at radius 3 is 2.54 bits per heavy atom. The van der Waals surface area contributed by atoms with Crippen LogP contribution in [-0.2, 0) is 11.2 Å². The fourth-order valence-electron chi connectivity index (χ4n) is 4.67. The first kappa shape index (κ1) is 24.2. The van der Waals surface area contributed by atoms with E-state index in [0.717, 1.165) is 50.2 Å². The van der Waals surface area contributed by atoms with Crippen molar-refractivity contribution >= 4 is 22.5 Å². The largest absolute Gasteiger partial charge is 0.496 e. The second-order valence-corrected chi connectivity index (χ2v) is 9.07. The van der Waals surface area contributed by atoms with Crippen molar-refractivity contribution in [2.24, 2.45) is 0 Å². The summed E-state index contributed by atoms with van der Waals surface area (Å²) in [7, 11) is 1.64. The zero-order valence-corrected chi connectivity index (χ0v) is 20.7. The number of carbonyl (C=O) groups excluding carboxylic acids is 1. The maximum atomic E-state index is 14.0. The molecule has 0 bridgehead atoms. The van der Waals surface area contributed by atoms with Crippen LogP contribution in [0, 0.1) is 12.7 Å². The molecule has 5 aromatic rings. The number of para-hydroxylation sites is 1. The van der Waals surface area contributed by atoms with E-state index in [-0.39, 0.29) is 11.7 Å². The van der Waals surface area contributed by atoms with Gasteiger partial charge in [-0.3, -0.25) is 9.78 Å². The summed E-state index contributed by atoms with van der Waals surface area (Å²) in [4.78, 5) is 17.9. The first-order chi connectivity index (χ1) is 18.0. The van der Waals surface area contributed by atoms with Crippen LogP contribution in [0.1, 0.15) is 22.6 Å². The average Bonchev–Trinajstić information content (AvgIpc) is 2.91. The molecule has 1 amide bonds. The van der Waals surface area contributed by atoms with Crippen molar-refractivity contribution in [3.8, 4) is 16.9 Å². The SMILES string of the molecule is COc1ccccc1C[C@@H](C(=O)Nc1cccc(C)c1)c1ccc(-c2ccnc3ccc(F)cc23)cc1. The predicted molar refractivity (Wildman–Crippen MR) is 146 cm³/mol. The second-order valence-electron chi connectivity index (χ2n) is 9.07. The van der Waals surface area contributed by atoms with Gasteiger partial charge in [-0.15, -0.1) is 0 Å². The summed E-state index contributed by atoms with van der Waals surface area (Å²) in [6.45, 7) is 2.00. The molecule has 4 nitrogen and oxygen atoms in total. The van der Waals surface area contributed by atoms with Crippen molar-refractivity contribution in [1.29, 1.82) is 0 Å². The van der Waals surface area contributed by atoms with Crippen LogP contribution in [0.5, 0.6) is 5.75 Å². The summed E-state index contributed by atoms with van der Waals surface area (Å²) < 4.78 is 19.5. The zero-order valence-electron chi connectivity index (χ0n) is 20.7. The first-order valence-electron chi connectivity index (χ1n) is 12.2. The van der Waals surface area contributed by atoms with Gasteiger partial charge >= 0.3 is 0 Å². The molecule has 0 saturated heterocycles. The first-order valence-corrected chi connectivity index (χ1v) is 12.2. The van der Waals surface area contributed by atoms with Gasteiger partial charge in [-0.25, -0.2) is 4.39 Å². The third kappa shape index (κ3) is 5.36. The van der Waals surface area contributed by atoms with E-state index in [1.54, 1.807) is 19.4 Å². The number of halogens is 1. The van der Waals surface area contributed by atoms with E-state index in [1.165, 1.54) is 12.1 Å². The molecular weight excluding hydrogens is 463 g/mol. The number of nitrogens with one attached hydrogen (secondary N) is 1. The molecular formula is C32H27FN2O2. The minimum absolute atomic E-state index is 0.0966. The number of amides is 1. The number of anilines is 1. The Bertz CT molecular complexity index is 1560. The van der Waals surface area contributed by atoms with E-state index < -0.39 is 5.92 Å². The van der Waals surface area contributed by atoms with E-state index in [2.05, 4.69) is 10.3 Å². The summed E-state index contributed by atoms with van der Waals surface area (Å²) in [5.41, 5.74) is 6.22. The fraction of sp³-hybridized carbons (Fsp3) is 0.125. The van der Waals surface area contributed by atoms with Crippen molar-refractivity contribution in [3.05, 3.63) is 126 Å². The van der Waals surface area contributed by atoms with Gasteiger partial charge in [-0.1, -0.05) is 54.6 Å². The van der Waals surface area contributed by atoms with Gasteiger partial charge in [0, 0.05) is 17.3 Å². The molecule has 184 valence electrons. The molecule has 0 aliphatic carbocycles. The standard InChI is InChI=1S/C32H27FN2O2/c1-21-6-5-8-26(18-21)35-32(36)28(19-24-7-3-4-9-31(24)37-2)23-12-10-22(11-13-23)27-16-17-34-30-15-14-25(33)20-29(27)30/h3-18,20,28H,19H2,1-2H3,(H,35,36)/t28-/m1/s1. The Balaban J connectivity index is 1.51. The minimum atomic E-state index is -0.447. The lowest BCUT2D eigenvalue weighted by Crippen LogP contribution is -2.23. The van der Waals surface area contributed by atoms with Gasteiger partial charge in [0.2, 0.25) is 5.91 Å². The van der Waals surface area contributed by atoms with Crippen LogP contribution < -0.4 is 10.1 Å².